The van der Waals surface area contributed by atoms with Crippen molar-refractivity contribution in [3.63, 3.8) is 0 Å². The first kappa shape index (κ1) is 26.3. The average Bonchev–Trinajstić information content (AvgIpc) is 3.40. The molecule has 2 aromatic heterocycles. The Hall–Kier alpha value is -2.74. The van der Waals surface area contributed by atoms with E-state index >= 15 is 0 Å². The van der Waals surface area contributed by atoms with Gasteiger partial charge in [0.2, 0.25) is 5.95 Å². The number of nitrogens with zero attached hydrogens (tertiary/aromatic N) is 6. The van der Waals surface area contributed by atoms with Crippen LogP contribution >= 0.6 is 0 Å². The summed E-state index contributed by atoms with van der Waals surface area (Å²) in [5.41, 5.74) is 2.83. The fourth-order valence-corrected chi connectivity index (χ4v) is 7.13. The van der Waals surface area contributed by atoms with Gasteiger partial charge < -0.3 is 10.0 Å². The fraction of sp³-hybridized carbons (Fsp3) is 0.636. The van der Waals surface area contributed by atoms with Crippen molar-refractivity contribution in [1.29, 1.82) is 0 Å². The summed E-state index contributed by atoms with van der Waals surface area (Å²) in [6.45, 7) is 6.19. The lowest BCUT2D eigenvalue weighted by Crippen LogP contribution is -2.38. The average molecular weight is 531 g/mol. The molecule has 0 aliphatic carbocycles. The highest BCUT2D eigenvalue weighted by Crippen LogP contribution is 2.40. The van der Waals surface area contributed by atoms with E-state index in [1.165, 1.54) is 6.42 Å². The molecule has 0 bridgehead atoms. The lowest BCUT2D eigenvalue weighted by molar-refractivity contribution is -0.192. The lowest BCUT2D eigenvalue weighted by Gasteiger charge is -2.32. The van der Waals surface area contributed by atoms with E-state index in [1.807, 2.05) is 19.4 Å². The fourth-order valence-electron chi connectivity index (χ4n) is 5.11. The van der Waals surface area contributed by atoms with E-state index < -0.39 is 22.0 Å². The van der Waals surface area contributed by atoms with Crippen molar-refractivity contribution in [3.8, 4) is 0 Å². The molecule has 0 radical (unpaired) electrons. The third kappa shape index (κ3) is 5.80. The molecule has 1 unspecified atom stereocenters. The number of halogens is 3. The standard InChI is InChI=1S/C20H28N6O2S.C2HF3O2/c1-14-4-3-5-26(8-14)20-21-7-16-13-29(27,28)18-12-25(11-17(18)19(16)23-20)10-15-6-22-24(2)9-15;3-2(4,5)1(6)7/h6-7,9,14,17-18H,3-5,8,10-13H2,1-2H3;(H,6,7)/t14?,17-,18+;/m0./s1. The number of carboxylic acid groups (broad SMARTS) is 1. The predicted molar refractivity (Wildman–Crippen MR) is 124 cm³/mol. The smallest absolute Gasteiger partial charge is 0.475 e. The third-order valence-electron chi connectivity index (χ3n) is 6.74. The zero-order valence-electron chi connectivity index (χ0n) is 20.0. The van der Waals surface area contributed by atoms with Crippen LogP contribution in [0.25, 0.3) is 0 Å². The van der Waals surface area contributed by atoms with Crippen molar-refractivity contribution in [2.75, 3.05) is 31.1 Å². The third-order valence-corrected chi connectivity index (χ3v) is 8.86. The Kier molecular flexibility index (Phi) is 7.28. The Labute approximate surface area is 207 Å². The monoisotopic (exact) mass is 530 g/mol. The van der Waals surface area contributed by atoms with Gasteiger partial charge in [0.25, 0.3) is 0 Å². The molecular formula is C22H29F3N6O4S. The van der Waals surface area contributed by atoms with Crippen LogP contribution in [0.5, 0.6) is 0 Å². The van der Waals surface area contributed by atoms with Crippen LogP contribution in [0.3, 0.4) is 0 Å². The molecule has 1 N–H and O–H groups in total. The maximum Gasteiger partial charge on any atom is 0.490 e. The summed E-state index contributed by atoms with van der Waals surface area (Å²) < 4.78 is 59.4. The molecule has 2 aromatic rings. The topological polar surface area (TPSA) is 122 Å². The molecule has 198 valence electrons. The largest absolute Gasteiger partial charge is 0.490 e. The highest BCUT2D eigenvalue weighted by Gasteiger charge is 2.47. The number of hydrogen-bond donors (Lipinski definition) is 1. The van der Waals surface area contributed by atoms with E-state index in [4.69, 9.17) is 14.9 Å². The molecule has 3 aliphatic rings. The second-order valence-corrected chi connectivity index (χ2v) is 12.0. The van der Waals surface area contributed by atoms with Crippen molar-refractivity contribution < 1.29 is 31.5 Å². The van der Waals surface area contributed by atoms with Gasteiger partial charge in [0.1, 0.15) is 0 Å². The Morgan fingerprint density at radius 1 is 1.22 bits per heavy atom. The van der Waals surface area contributed by atoms with Gasteiger partial charge in [-0.3, -0.25) is 9.58 Å². The number of aromatic nitrogens is 4. The number of carboxylic acids is 1. The first-order valence-corrected chi connectivity index (χ1v) is 13.4. The number of likely N-dealkylation sites (tertiary alicyclic amines) is 1. The molecule has 10 nitrogen and oxygen atoms in total. The predicted octanol–water partition coefficient (Wildman–Crippen LogP) is 1.98. The molecule has 0 aromatic carbocycles. The Morgan fingerprint density at radius 3 is 2.56 bits per heavy atom. The van der Waals surface area contributed by atoms with E-state index in [9.17, 15) is 21.6 Å². The van der Waals surface area contributed by atoms with E-state index in [0.29, 0.717) is 25.6 Å². The van der Waals surface area contributed by atoms with Gasteiger partial charge in [-0.1, -0.05) is 6.92 Å². The van der Waals surface area contributed by atoms with Crippen molar-refractivity contribution in [1.82, 2.24) is 24.6 Å². The Bertz CT molecular complexity index is 1220. The van der Waals surface area contributed by atoms with Gasteiger partial charge in [0, 0.05) is 69.2 Å². The Morgan fingerprint density at radius 2 is 1.94 bits per heavy atom. The molecule has 2 saturated heterocycles. The maximum absolute atomic E-state index is 12.9. The number of rotatable bonds is 3. The molecule has 2 fully saturated rings. The molecule has 5 rings (SSSR count). The minimum absolute atomic E-state index is 0.0565. The molecule has 14 heteroatoms. The number of aryl methyl sites for hydroxylation is 1. The molecular weight excluding hydrogens is 501 g/mol. The number of carbonyl (C=O) groups is 1. The summed E-state index contributed by atoms with van der Waals surface area (Å²) in [6.07, 6.45) is 2.91. The van der Waals surface area contributed by atoms with Crippen LogP contribution < -0.4 is 4.90 Å². The summed E-state index contributed by atoms with van der Waals surface area (Å²) in [5.74, 6) is -1.38. The SMILES string of the molecule is CC1CCCN(c2ncc3c(n2)[C@H]2CN(Cc4cnn(C)c4)C[C@H]2S(=O)(=O)C3)C1.O=C(O)C(F)(F)F. The molecule has 3 atom stereocenters. The lowest BCUT2D eigenvalue weighted by atomic mass is 9.99. The normalized spacial score (nSPS) is 25.5. The summed E-state index contributed by atoms with van der Waals surface area (Å²) in [5, 5.41) is 11.0. The van der Waals surface area contributed by atoms with Gasteiger partial charge in [-0.05, 0) is 18.8 Å². The number of piperidine rings is 1. The molecule has 3 aliphatic heterocycles. The van der Waals surface area contributed by atoms with E-state index in [2.05, 4.69) is 26.8 Å². The van der Waals surface area contributed by atoms with Crippen LogP contribution in [0.4, 0.5) is 19.1 Å². The number of alkyl halides is 3. The quantitative estimate of drug-likeness (QED) is 0.635. The number of anilines is 1. The zero-order chi connectivity index (χ0) is 26.3. The van der Waals surface area contributed by atoms with Gasteiger partial charge in [-0.2, -0.15) is 18.3 Å². The summed E-state index contributed by atoms with van der Waals surface area (Å²) >= 11 is 0. The first-order chi connectivity index (χ1) is 16.8. The van der Waals surface area contributed by atoms with Crippen LogP contribution in [-0.4, -0.2) is 81.7 Å². The van der Waals surface area contributed by atoms with Crippen molar-refractivity contribution in [3.05, 3.63) is 35.4 Å². The van der Waals surface area contributed by atoms with Gasteiger partial charge in [-0.15, -0.1) is 0 Å². The summed E-state index contributed by atoms with van der Waals surface area (Å²) in [4.78, 5) is 22.9. The van der Waals surface area contributed by atoms with Gasteiger partial charge in [0.15, 0.2) is 9.84 Å². The Balaban J connectivity index is 0.000000384. The maximum atomic E-state index is 12.9. The van der Waals surface area contributed by atoms with Gasteiger partial charge >= 0.3 is 12.1 Å². The van der Waals surface area contributed by atoms with E-state index in [-0.39, 0.29) is 16.9 Å². The summed E-state index contributed by atoms with van der Waals surface area (Å²) in [6, 6.07) is 0. The highest BCUT2D eigenvalue weighted by atomic mass is 32.2. The number of fused-ring (bicyclic) bond motifs is 3. The van der Waals surface area contributed by atoms with Crippen LogP contribution in [0.1, 0.15) is 42.5 Å². The van der Waals surface area contributed by atoms with Gasteiger partial charge in [-0.25, -0.2) is 23.2 Å². The van der Waals surface area contributed by atoms with Crippen LogP contribution in [0.15, 0.2) is 18.6 Å². The highest BCUT2D eigenvalue weighted by molar-refractivity contribution is 7.91. The van der Waals surface area contributed by atoms with E-state index in [0.717, 1.165) is 42.3 Å². The molecule has 0 spiro atoms. The number of hydrogen-bond acceptors (Lipinski definition) is 8. The zero-order valence-corrected chi connectivity index (χ0v) is 20.8. The summed E-state index contributed by atoms with van der Waals surface area (Å²) in [7, 11) is -1.30. The first-order valence-electron chi connectivity index (χ1n) is 11.7. The molecule has 5 heterocycles. The number of sulfone groups is 1. The van der Waals surface area contributed by atoms with Crippen molar-refractivity contribution in [2.24, 2.45) is 13.0 Å². The number of aliphatic carboxylic acids is 1. The minimum atomic E-state index is -5.08. The second kappa shape index (κ2) is 9.96. The van der Waals surface area contributed by atoms with Crippen LogP contribution in [0.2, 0.25) is 0 Å². The molecule has 0 saturated carbocycles. The van der Waals surface area contributed by atoms with Crippen LogP contribution in [-0.2, 0) is 34.0 Å². The minimum Gasteiger partial charge on any atom is -0.475 e. The second-order valence-electron chi connectivity index (χ2n) is 9.75. The van der Waals surface area contributed by atoms with Crippen molar-refractivity contribution >= 4 is 21.8 Å². The van der Waals surface area contributed by atoms with Crippen LogP contribution in [0, 0.1) is 5.92 Å². The molecule has 36 heavy (non-hydrogen) atoms. The van der Waals surface area contributed by atoms with E-state index in [1.54, 1.807) is 10.9 Å². The molecule has 0 amide bonds. The van der Waals surface area contributed by atoms with Gasteiger partial charge in [0.05, 0.1) is 22.9 Å². The van der Waals surface area contributed by atoms with Crippen molar-refractivity contribution in [2.45, 2.75) is 49.4 Å².